The Bertz CT molecular complexity index is 789. The number of ether oxygens (including phenoxy) is 2. The van der Waals surface area contributed by atoms with Crippen LogP contribution in [-0.4, -0.2) is 88.5 Å². The molecule has 2 aromatic heterocycles. The molecule has 2 unspecified atom stereocenters. The van der Waals surface area contributed by atoms with Crippen molar-refractivity contribution in [3.05, 3.63) is 24.3 Å². The van der Waals surface area contributed by atoms with Crippen LogP contribution in [0, 0.1) is 11.3 Å². The number of piperidine rings is 1. The van der Waals surface area contributed by atoms with Gasteiger partial charge in [-0.25, -0.2) is 9.50 Å². The van der Waals surface area contributed by atoms with Crippen molar-refractivity contribution < 1.29 is 9.47 Å². The van der Waals surface area contributed by atoms with Gasteiger partial charge < -0.3 is 9.47 Å². The van der Waals surface area contributed by atoms with E-state index in [1.165, 1.54) is 25.7 Å². The molecule has 3 atom stereocenters. The van der Waals surface area contributed by atoms with Gasteiger partial charge in [-0.05, 0) is 44.2 Å². The van der Waals surface area contributed by atoms with E-state index in [-0.39, 0.29) is 5.41 Å². The van der Waals surface area contributed by atoms with Gasteiger partial charge in [0, 0.05) is 50.6 Å². The Morgan fingerprint density at radius 1 is 1.24 bits per heavy atom. The Balaban J connectivity index is 1.27. The quantitative estimate of drug-likeness (QED) is 0.753. The van der Waals surface area contributed by atoms with Gasteiger partial charge >= 0.3 is 0 Å². The Hall–Kier alpha value is -1.61. The molecule has 8 nitrogen and oxygen atoms in total. The summed E-state index contributed by atoms with van der Waals surface area (Å²) in [6.07, 6.45) is 8.71. The van der Waals surface area contributed by atoms with Gasteiger partial charge in [-0.3, -0.25) is 9.80 Å². The van der Waals surface area contributed by atoms with Crippen molar-refractivity contribution in [1.82, 2.24) is 29.4 Å². The molecule has 2 saturated heterocycles. The lowest BCUT2D eigenvalue weighted by atomic mass is 9.62. The van der Waals surface area contributed by atoms with Crippen molar-refractivity contribution in [2.75, 3.05) is 53.1 Å². The number of nitrogens with zero attached hydrogens (tertiary/aromatic N) is 6. The largest absolute Gasteiger partial charge is 0.384 e. The van der Waals surface area contributed by atoms with E-state index in [4.69, 9.17) is 9.47 Å². The van der Waals surface area contributed by atoms with E-state index in [1.807, 2.05) is 19.4 Å². The highest BCUT2D eigenvalue weighted by atomic mass is 16.5. The first-order valence-corrected chi connectivity index (χ1v) is 11.0. The molecule has 3 fully saturated rings. The molecule has 5 rings (SSSR count). The maximum Gasteiger partial charge on any atom is 0.252 e. The van der Waals surface area contributed by atoms with Crippen molar-refractivity contribution >= 4 is 5.78 Å². The number of likely N-dealkylation sites (tertiary alicyclic amines) is 1. The van der Waals surface area contributed by atoms with Crippen molar-refractivity contribution in [2.24, 2.45) is 11.3 Å². The van der Waals surface area contributed by atoms with Crippen LogP contribution in [0.3, 0.4) is 0 Å². The third-order valence-corrected chi connectivity index (χ3v) is 7.25. The number of rotatable bonds is 5. The average molecular weight is 401 g/mol. The van der Waals surface area contributed by atoms with Crippen LogP contribution >= 0.6 is 0 Å². The fourth-order valence-corrected chi connectivity index (χ4v) is 5.82. The standard InChI is InChI=1S/C21H32N6O2/c1-28-16-21-5-3-18(26-9-11-29-12-10-26)13-17(21)4-8-25(15-21)14-19-23-20-22-6-2-7-27(20)24-19/h2,6-7,17-18H,3-5,8-16H2,1H3/t17?,18?,21-/m0/s1. The molecule has 0 bridgehead atoms. The molecular weight excluding hydrogens is 368 g/mol. The molecule has 2 aliphatic heterocycles. The first-order chi connectivity index (χ1) is 14.3. The Morgan fingerprint density at radius 2 is 2.14 bits per heavy atom. The first-order valence-electron chi connectivity index (χ1n) is 11.0. The van der Waals surface area contributed by atoms with Crippen LogP contribution in [0.25, 0.3) is 5.78 Å². The second-order valence-corrected chi connectivity index (χ2v) is 8.96. The van der Waals surface area contributed by atoms with E-state index in [9.17, 15) is 0 Å². The molecule has 29 heavy (non-hydrogen) atoms. The van der Waals surface area contributed by atoms with Gasteiger partial charge in [-0.15, -0.1) is 5.10 Å². The summed E-state index contributed by atoms with van der Waals surface area (Å²) in [4.78, 5) is 14.1. The number of methoxy groups -OCH3 is 1. The van der Waals surface area contributed by atoms with E-state index in [0.29, 0.717) is 11.8 Å². The second kappa shape index (κ2) is 8.26. The fraction of sp³-hybridized carbons (Fsp3) is 0.762. The van der Waals surface area contributed by atoms with Gasteiger partial charge in [0.25, 0.3) is 5.78 Å². The van der Waals surface area contributed by atoms with E-state index < -0.39 is 0 Å². The highest BCUT2D eigenvalue weighted by molar-refractivity contribution is 5.24. The number of fused-ring (bicyclic) bond motifs is 2. The summed E-state index contributed by atoms with van der Waals surface area (Å²) in [6.45, 7) is 7.78. The maximum absolute atomic E-state index is 5.76. The van der Waals surface area contributed by atoms with Gasteiger partial charge in [-0.2, -0.15) is 4.98 Å². The normalized spacial score (nSPS) is 31.8. The summed E-state index contributed by atoms with van der Waals surface area (Å²) in [5.74, 6) is 2.27. The molecule has 1 saturated carbocycles. The number of hydrogen-bond acceptors (Lipinski definition) is 7. The van der Waals surface area contributed by atoms with Crippen LogP contribution < -0.4 is 0 Å². The van der Waals surface area contributed by atoms with E-state index >= 15 is 0 Å². The molecule has 0 amide bonds. The minimum atomic E-state index is 0.257. The predicted molar refractivity (Wildman–Crippen MR) is 109 cm³/mol. The van der Waals surface area contributed by atoms with Crippen molar-refractivity contribution in [3.8, 4) is 0 Å². The smallest absolute Gasteiger partial charge is 0.252 e. The fourth-order valence-electron chi connectivity index (χ4n) is 5.82. The van der Waals surface area contributed by atoms with Gasteiger partial charge in [0.05, 0.1) is 26.4 Å². The lowest BCUT2D eigenvalue weighted by Crippen LogP contribution is -2.56. The second-order valence-electron chi connectivity index (χ2n) is 8.96. The number of hydrogen-bond donors (Lipinski definition) is 0. The molecule has 4 heterocycles. The SMILES string of the molecule is COC[C@@]12CCC(N3CCOCC3)CC1CCN(Cc1nc3ncccn3n1)C2. The Labute approximate surface area is 172 Å². The molecule has 8 heteroatoms. The van der Waals surface area contributed by atoms with E-state index in [1.54, 1.807) is 10.7 Å². The summed E-state index contributed by atoms with van der Waals surface area (Å²) in [5, 5.41) is 4.60. The Kier molecular flexibility index (Phi) is 5.51. The van der Waals surface area contributed by atoms with Crippen molar-refractivity contribution in [1.29, 1.82) is 0 Å². The minimum Gasteiger partial charge on any atom is -0.384 e. The molecular formula is C21H32N6O2. The first kappa shape index (κ1) is 19.4. The zero-order valence-electron chi connectivity index (χ0n) is 17.4. The molecule has 0 radical (unpaired) electrons. The summed E-state index contributed by atoms with van der Waals surface area (Å²) >= 11 is 0. The van der Waals surface area contributed by atoms with Crippen molar-refractivity contribution in [2.45, 2.75) is 38.3 Å². The van der Waals surface area contributed by atoms with E-state index in [0.717, 1.165) is 64.3 Å². The minimum absolute atomic E-state index is 0.257. The van der Waals surface area contributed by atoms with Crippen LogP contribution in [0.5, 0.6) is 0 Å². The zero-order valence-corrected chi connectivity index (χ0v) is 17.4. The van der Waals surface area contributed by atoms with Gasteiger partial charge in [0.1, 0.15) is 0 Å². The third kappa shape index (κ3) is 3.91. The number of morpholine rings is 1. The van der Waals surface area contributed by atoms with E-state index in [2.05, 4.69) is 24.9 Å². The summed E-state index contributed by atoms with van der Waals surface area (Å²) in [5.41, 5.74) is 0.257. The molecule has 2 aromatic rings. The monoisotopic (exact) mass is 400 g/mol. The van der Waals surface area contributed by atoms with Crippen molar-refractivity contribution in [3.63, 3.8) is 0 Å². The van der Waals surface area contributed by atoms with Crippen LogP contribution in [0.1, 0.15) is 31.5 Å². The molecule has 0 N–H and O–H groups in total. The average Bonchev–Trinajstić information content (AvgIpc) is 3.16. The van der Waals surface area contributed by atoms with Gasteiger partial charge in [-0.1, -0.05) is 0 Å². The molecule has 158 valence electrons. The summed E-state index contributed by atoms with van der Waals surface area (Å²) in [7, 11) is 1.86. The predicted octanol–water partition coefficient (Wildman–Crippen LogP) is 1.46. The van der Waals surface area contributed by atoms with Crippen LogP contribution in [0.4, 0.5) is 0 Å². The lowest BCUT2D eigenvalue weighted by Gasteiger charge is -2.54. The molecule has 0 spiro atoms. The maximum atomic E-state index is 5.76. The molecule has 1 aliphatic carbocycles. The lowest BCUT2D eigenvalue weighted by molar-refractivity contribution is -0.0874. The highest BCUT2D eigenvalue weighted by Gasteiger charge is 2.48. The molecule has 3 aliphatic rings. The Morgan fingerprint density at radius 3 is 2.97 bits per heavy atom. The van der Waals surface area contributed by atoms with Gasteiger partial charge in [0.15, 0.2) is 5.82 Å². The summed E-state index contributed by atoms with van der Waals surface area (Å²) < 4.78 is 13.1. The van der Waals surface area contributed by atoms with Crippen LogP contribution in [0.15, 0.2) is 18.5 Å². The third-order valence-electron chi connectivity index (χ3n) is 7.25. The number of aromatic nitrogens is 4. The van der Waals surface area contributed by atoms with Crippen LogP contribution in [-0.2, 0) is 16.0 Å². The van der Waals surface area contributed by atoms with Crippen LogP contribution in [0.2, 0.25) is 0 Å². The zero-order chi connectivity index (χ0) is 19.7. The highest BCUT2D eigenvalue weighted by Crippen LogP contribution is 2.48. The summed E-state index contributed by atoms with van der Waals surface area (Å²) in [6, 6.07) is 2.60. The topological polar surface area (TPSA) is 68.0 Å². The molecule has 0 aromatic carbocycles. The van der Waals surface area contributed by atoms with Gasteiger partial charge in [0.2, 0.25) is 0 Å².